The van der Waals surface area contributed by atoms with Crippen LogP contribution in [0.25, 0.3) is 0 Å². The summed E-state index contributed by atoms with van der Waals surface area (Å²) in [5.74, 6) is 0.936. The van der Waals surface area contributed by atoms with Crippen LogP contribution in [0, 0.1) is 5.41 Å². The molecule has 106 valence electrons. The molecule has 0 aliphatic rings. The molecular formula is C15H22BrNO2. The molecule has 2 N–H and O–H groups in total. The molecule has 0 atom stereocenters. The van der Waals surface area contributed by atoms with Gasteiger partial charge in [0.1, 0.15) is 11.5 Å². The SMILES string of the molecule is CCC(CC)(CN)C(=O)Cc1cc(Br)ccc1OC. The Morgan fingerprint density at radius 3 is 2.47 bits per heavy atom. The third-order valence-corrected chi connectivity index (χ3v) is 4.42. The van der Waals surface area contributed by atoms with Crippen molar-refractivity contribution >= 4 is 21.7 Å². The van der Waals surface area contributed by atoms with Crippen LogP contribution in [0.4, 0.5) is 0 Å². The molecule has 0 unspecified atom stereocenters. The van der Waals surface area contributed by atoms with Crippen LogP contribution in [-0.2, 0) is 11.2 Å². The first-order valence-corrected chi connectivity index (χ1v) is 7.38. The molecule has 1 rings (SSSR count). The van der Waals surface area contributed by atoms with Crippen LogP contribution in [0.5, 0.6) is 5.75 Å². The highest BCUT2D eigenvalue weighted by Gasteiger charge is 2.33. The van der Waals surface area contributed by atoms with Gasteiger partial charge in [-0.15, -0.1) is 0 Å². The van der Waals surface area contributed by atoms with Crippen LogP contribution >= 0.6 is 15.9 Å². The highest BCUT2D eigenvalue weighted by atomic mass is 79.9. The van der Waals surface area contributed by atoms with Crippen molar-refractivity contribution in [3.05, 3.63) is 28.2 Å². The third kappa shape index (κ3) is 3.57. The number of Topliss-reactive ketones (excluding diaryl/α,β-unsaturated/α-hetero) is 1. The summed E-state index contributed by atoms with van der Waals surface area (Å²) in [7, 11) is 1.62. The number of ketones is 1. The van der Waals surface area contributed by atoms with Crippen molar-refractivity contribution in [1.82, 2.24) is 0 Å². The van der Waals surface area contributed by atoms with Crippen LogP contribution < -0.4 is 10.5 Å². The van der Waals surface area contributed by atoms with Crippen molar-refractivity contribution in [3.8, 4) is 5.75 Å². The molecule has 0 amide bonds. The van der Waals surface area contributed by atoms with Crippen molar-refractivity contribution in [3.63, 3.8) is 0 Å². The van der Waals surface area contributed by atoms with E-state index in [1.54, 1.807) is 7.11 Å². The quantitative estimate of drug-likeness (QED) is 0.835. The highest BCUT2D eigenvalue weighted by molar-refractivity contribution is 9.10. The Hall–Kier alpha value is -0.870. The fraction of sp³-hybridized carbons (Fsp3) is 0.533. The molecule has 0 fully saturated rings. The molecule has 0 saturated carbocycles. The monoisotopic (exact) mass is 327 g/mol. The second-order valence-electron chi connectivity index (χ2n) is 4.75. The number of nitrogens with two attached hydrogens (primary N) is 1. The Morgan fingerprint density at radius 2 is 2.00 bits per heavy atom. The molecule has 0 aliphatic carbocycles. The molecule has 0 aliphatic heterocycles. The van der Waals surface area contributed by atoms with Gasteiger partial charge in [-0.25, -0.2) is 0 Å². The van der Waals surface area contributed by atoms with E-state index in [4.69, 9.17) is 10.5 Å². The van der Waals surface area contributed by atoms with Crippen LogP contribution in [0.3, 0.4) is 0 Å². The molecule has 0 aromatic heterocycles. The highest BCUT2D eigenvalue weighted by Crippen LogP contribution is 2.30. The van der Waals surface area contributed by atoms with Gasteiger partial charge in [-0.2, -0.15) is 0 Å². The Balaban J connectivity index is 3.01. The lowest BCUT2D eigenvalue weighted by molar-refractivity contribution is -0.128. The Labute approximate surface area is 123 Å². The number of methoxy groups -OCH3 is 1. The number of carbonyl (C=O) groups is 1. The van der Waals surface area contributed by atoms with Crippen molar-refractivity contribution in [2.45, 2.75) is 33.1 Å². The summed E-state index contributed by atoms with van der Waals surface area (Å²) in [5.41, 5.74) is 6.32. The van der Waals surface area contributed by atoms with Crippen molar-refractivity contribution in [1.29, 1.82) is 0 Å². The van der Waals surface area contributed by atoms with Crippen molar-refractivity contribution < 1.29 is 9.53 Å². The van der Waals surface area contributed by atoms with Gasteiger partial charge in [0.25, 0.3) is 0 Å². The number of carbonyl (C=O) groups excluding carboxylic acids is 1. The molecule has 0 spiro atoms. The van der Waals surface area contributed by atoms with Crippen LogP contribution in [0.2, 0.25) is 0 Å². The summed E-state index contributed by atoms with van der Waals surface area (Å²) in [6, 6.07) is 5.71. The predicted molar refractivity (Wildman–Crippen MR) is 81.5 cm³/mol. The lowest BCUT2D eigenvalue weighted by atomic mass is 9.76. The van der Waals surface area contributed by atoms with Gasteiger partial charge in [0, 0.05) is 28.4 Å². The Morgan fingerprint density at radius 1 is 1.37 bits per heavy atom. The van der Waals surface area contributed by atoms with E-state index in [2.05, 4.69) is 15.9 Å². The first-order valence-electron chi connectivity index (χ1n) is 6.58. The fourth-order valence-corrected chi connectivity index (χ4v) is 2.70. The number of halogens is 1. The summed E-state index contributed by atoms with van der Waals surface area (Å²) >= 11 is 3.43. The predicted octanol–water partition coefficient (Wildman–Crippen LogP) is 3.33. The first kappa shape index (κ1) is 16.2. The summed E-state index contributed by atoms with van der Waals surface area (Å²) < 4.78 is 6.26. The zero-order valence-electron chi connectivity index (χ0n) is 11.8. The minimum atomic E-state index is -0.409. The maximum Gasteiger partial charge on any atom is 0.144 e. The molecule has 1 aromatic rings. The van der Waals surface area contributed by atoms with Gasteiger partial charge in [0.05, 0.1) is 7.11 Å². The molecule has 4 heteroatoms. The number of benzene rings is 1. The Bertz CT molecular complexity index is 434. The Kier molecular flexibility index (Phi) is 6.01. The molecule has 3 nitrogen and oxygen atoms in total. The molecule has 19 heavy (non-hydrogen) atoms. The fourth-order valence-electron chi connectivity index (χ4n) is 2.29. The molecule has 0 heterocycles. The molecule has 0 saturated heterocycles. The van der Waals surface area contributed by atoms with E-state index >= 15 is 0 Å². The largest absolute Gasteiger partial charge is 0.496 e. The van der Waals surface area contributed by atoms with Crippen molar-refractivity contribution in [2.75, 3.05) is 13.7 Å². The maximum absolute atomic E-state index is 12.6. The lowest BCUT2D eigenvalue weighted by Gasteiger charge is -2.28. The smallest absolute Gasteiger partial charge is 0.144 e. The zero-order valence-corrected chi connectivity index (χ0v) is 13.4. The number of hydrogen-bond donors (Lipinski definition) is 1. The average Bonchev–Trinajstić information content (AvgIpc) is 2.41. The topological polar surface area (TPSA) is 52.3 Å². The summed E-state index contributed by atoms with van der Waals surface area (Å²) in [6.07, 6.45) is 1.91. The summed E-state index contributed by atoms with van der Waals surface area (Å²) in [6.45, 7) is 4.44. The number of hydrogen-bond acceptors (Lipinski definition) is 3. The van der Waals surface area contributed by atoms with Gasteiger partial charge in [-0.3, -0.25) is 4.79 Å². The lowest BCUT2D eigenvalue weighted by Crippen LogP contribution is -2.38. The third-order valence-electron chi connectivity index (χ3n) is 3.93. The minimum absolute atomic E-state index is 0.191. The van der Waals surface area contributed by atoms with Crippen LogP contribution in [-0.4, -0.2) is 19.4 Å². The van der Waals surface area contributed by atoms with Gasteiger partial charge in [0.15, 0.2) is 0 Å². The second-order valence-corrected chi connectivity index (χ2v) is 5.66. The van der Waals surface area contributed by atoms with Gasteiger partial charge < -0.3 is 10.5 Å². The van der Waals surface area contributed by atoms with Gasteiger partial charge in [0.2, 0.25) is 0 Å². The molecule has 0 bridgehead atoms. The molecule has 0 radical (unpaired) electrons. The zero-order chi connectivity index (χ0) is 14.5. The van der Waals surface area contributed by atoms with Crippen LogP contribution in [0.1, 0.15) is 32.3 Å². The van der Waals surface area contributed by atoms with E-state index in [0.717, 1.165) is 28.6 Å². The van der Waals surface area contributed by atoms with E-state index in [1.807, 2.05) is 32.0 Å². The van der Waals surface area contributed by atoms with E-state index < -0.39 is 5.41 Å². The van der Waals surface area contributed by atoms with E-state index in [0.29, 0.717) is 13.0 Å². The van der Waals surface area contributed by atoms with E-state index in [1.165, 1.54) is 0 Å². The average molecular weight is 328 g/mol. The van der Waals surface area contributed by atoms with E-state index in [-0.39, 0.29) is 5.78 Å². The first-order chi connectivity index (χ1) is 9.02. The van der Waals surface area contributed by atoms with E-state index in [9.17, 15) is 4.79 Å². The number of rotatable bonds is 7. The second kappa shape index (κ2) is 7.06. The van der Waals surface area contributed by atoms with Crippen LogP contribution in [0.15, 0.2) is 22.7 Å². The van der Waals surface area contributed by atoms with Gasteiger partial charge >= 0.3 is 0 Å². The minimum Gasteiger partial charge on any atom is -0.496 e. The van der Waals surface area contributed by atoms with Gasteiger partial charge in [-0.1, -0.05) is 29.8 Å². The maximum atomic E-state index is 12.6. The number of ether oxygens (including phenoxy) is 1. The molecular weight excluding hydrogens is 306 g/mol. The van der Waals surface area contributed by atoms with Crippen molar-refractivity contribution in [2.24, 2.45) is 11.1 Å². The standard InChI is InChI=1S/C15H22BrNO2/c1-4-15(5-2,10-17)14(18)9-11-8-12(16)6-7-13(11)19-3/h6-8H,4-5,9-10,17H2,1-3H3. The molecule has 1 aromatic carbocycles. The van der Waals surface area contributed by atoms with Gasteiger partial charge in [-0.05, 0) is 31.0 Å². The normalized spacial score (nSPS) is 11.4. The summed E-state index contributed by atoms with van der Waals surface area (Å²) in [5, 5.41) is 0. The summed E-state index contributed by atoms with van der Waals surface area (Å²) in [4.78, 5) is 12.6.